The van der Waals surface area contributed by atoms with E-state index in [0.29, 0.717) is 5.92 Å². The second kappa shape index (κ2) is 11.2. The number of rotatable bonds is 3. The average Bonchev–Trinajstić information content (AvgIpc) is 3.02. The van der Waals surface area contributed by atoms with Crippen LogP contribution >= 0.6 is 8.24 Å². The highest BCUT2D eigenvalue weighted by molar-refractivity contribution is 7.31. The quantitative estimate of drug-likeness (QED) is 0.317. The lowest BCUT2D eigenvalue weighted by Crippen LogP contribution is -2.38. The third-order valence-corrected chi connectivity index (χ3v) is 11.1. The van der Waals surface area contributed by atoms with Crippen LogP contribution < -0.4 is 4.52 Å². The second-order valence-electron chi connectivity index (χ2n) is 15.2. The first-order valence-corrected chi connectivity index (χ1v) is 17.0. The lowest BCUT2D eigenvalue weighted by Gasteiger charge is -2.41. The largest absolute Gasteiger partial charge is 0.399 e. The molecule has 40 heavy (non-hydrogen) atoms. The molecule has 5 rings (SSSR count). The molecule has 2 saturated carbocycles. The molecule has 0 bridgehead atoms. The third kappa shape index (κ3) is 5.80. The van der Waals surface area contributed by atoms with Crippen LogP contribution in [0.25, 0.3) is 21.9 Å². The Bertz CT molecular complexity index is 1420. The van der Waals surface area contributed by atoms with Crippen LogP contribution in [-0.2, 0) is 10.8 Å². The summed E-state index contributed by atoms with van der Waals surface area (Å²) in [5.41, 5.74) is 8.05. The Morgan fingerprint density at radius 2 is 1.30 bits per heavy atom. The molecule has 4 heteroatoms. The molecular weight excluding hydrogens is 511 g/mol. The predicted octanol–water partition coefficient (Wildman–Crippen LogP) is 11.6. The smallest absolute Gasteiger partial charge is 0.387 e. The molecule has 3 nitrogen and oxygen atoms in total. The number of benzene rings is 2. The van der Waals surface area contributed by atoms with Gasteiger partial charge in [0.25, 0.3) is 0 Å². The van der Waals surface area contributed by atoms with E-state index in [1.165, 1.54) is 78.1 Å². The molecule has 1 aromatic heterocycles. The molecule has 0 N–H and O–H groups in total. The van der Waals surface area contributed by atoms with Gasteiger partial charge in [0.1, 0.15) is 11.2 Å². The highest BCUT2D eigenvalue weighted by Gasteiger charge is 2.38. The zero-order valence-electron chi connectivity index (χ0n) is 26.9. The third-order valence-electron chi connectivity index (χ3n) is 9.95. The van der Waals surface area contributed by atoms with Gasteiger partial charge in [-0.05, 0) is 91.4 Å². The Morgan fingerprint density at radius 1 is 0.725 bits per heavy atom. The van der Waals surface area contributed by atoms with Crippen LogP contribution in [0.4, 0.5) is 0 Å². The van der Waals surface area contributed by atoms with E-state index in [-0.39, 0.29) is 16.9 Å². The second-order valence-corrected chi connectivity index (χ2v) is 16.2. The molecule has 0 aliphatic heterocycles. The van der Waals surface area contributed by atoms with E-state index in [0.717, 1.165) is 34.8 Å². The first-order valence-electron chi connectivity index (χ1n) is 15.9. The van der Waals surface area contributed by atoms with Gasteiger partial charge in [-0.25, -0.2) is 0 Å². The van der Waals surface area contributed by atoms with Crippen LogP contribution in [0.5, 0.6) is 0 Å². The summed E-state index contributed by atoms with van der Waals surface area (Å²) in [7, 11) is -1.61. The number of fused-ring (bicyclic) bond motifs is 3. The molecule has 220 valence electrons. The van der Waals surface area contributed by atoms with Crippen LogP contribution in [0.3, 0.4) is 0 Å². The molecule has 3 aromatic rings. The van der Waals surface area contributed by atoms with Gasteiger partial charge in [0, 0.05) is 21.9 Å². The fraction of sp³-hybridized carbons (Fsp3) is 0.667. The van der Waals surface area contributed by atoms with E-state index < -0.39 is 8.24 Å². The van der Waals surface area contributed by atoms with Crippen molar-refractivity contribution in [2.24, 2.45) is 17.8 Å². The predicted molar refractivity (Wildman–Crippen MR) is 171 cm³/mol. The van der Waals surface area contributed by atoms with Gasteiger partial charge in [-0.3, -0.25) is 4.52 Å². The van der Waals surface area contributed by atoms with E-state index in [9.17, 15) is 0 Å². The normalized spacial score (nSPS) is 25.0. The van der Waals surface area contributed by atoms with Crippen molar-refractivity contribution in [2.75, 3.05) is 0 Å². The van der Waals surface area contributed by atoms with Crippen molar-refractivity contribution in [3.05, 3.63) is 46.0 Å². The fourth-order valence-corrected chi connectivity index (χ4v) is 8.82. The molecule has 2 aliphatic carbocycles. The van der Waals surface area contributed by atoms with Crippen molar-refractivity contribution in [1.29, 1.82) is 0 Å². The Labute approximate surface area is 244 Å². The maximum atomic E-state index is 7.10. The van der Waals surface area contributed by atoms with E-state index in [1.54, 1.807) is 0 Å². The Hall–Kier alpha value is -1.70. The lowest BCUT2D eigenvalue weighted by atomic mass is 9.67. The summed E-state index contributed by atoms with van der Waals surface area (Å²) >= 11 is 0. The molecular formula is C36H53O3P. The zero-order valence-corrected chi connectivity index (χ0v) is 27.8. The van der Waals surface area contributed by atoms with Gasteiger partial charge in [-0.1, -0.05) is 92.7 Å². The van der Waals surface area contributed by atoms with Crippen LogP contribution in [0.15, 0.2) is 26.6 Å². The van der Waals surface area contributed by atoms with E-state index in [2.05, 4.69) is 87.4 Å². The number of hydrogen-bond donors (Lipinski definition) is 0. The molecule has 2 fully saturated rings. The summed E-state index contributed by atoms with van der Waals surface area (Å²) in [6, 6.07) is 6.94. The number of hydrogen-bond acceptors (Lipinski definition) is 3. The SMILES string of the molecule is Cc1cc(C(C)(C)C)c2op(OC3CCCCC3C3CCCCC3C)oc3c(C(C)(C)C)cc(C)c(C)c3c2c1. The molecule has 2 aromatic carbocycles. The van der Waals surface area contributed by atoms with Gasteiger partial charge < -0.3 is 8.39 Å². The summed E-state index contributed by atoms with van der Waals surface area (Å²) in [6.07, 6.45) is 10.6. The molecule has 0 amide bonds. The average molecular weight is 565 g/mol. The van der Waals surface area contributed by atoms with Gasteiger partial charge in [-0.2, -0.15) is 0 Å². The van der Waals surface area contributed by atoms with Gasteiger partial charge in [0.2, 0.25) is 0 Å². The monoisotopic (exact) mass is 564 g/mol. The molecule has 0 spiro atoms. The van der Waals surface area contributed by atoms with Crippen LogP contribution in [0.1, 0.15) is 128 Å². The van der Waals surface area contributed by atoms with Crippen molar-refractivity contribution < 1.29 is 12.9 Å². The molecule has 0 radical (unpaired) electrons. The summed E-state index contributed by atoms with van der Waals surface area (Å²) < 4.78 is 21.1. The van der Waals surface area contributed by atoms with Crippen LogP contribution in [-0.4, -0.2) is 6.10 Å². The summed E-state index contributed by atoms with van der Waals surface area (Å²) in [5.74, 6) is 2.13. The van der Waals surface area contributed by atoms with Crippen LogP contribution in [0.2, 0.25) is 0 Å². The highest BCUT2D eigenvalue weighted by atomic mass is 31.1. The minimum atomic E-state index is -1.61. The Balaban J connectivity index is 1.79. The molecule has 0 saturated heterocycles. The highest BCUT2D eigenvalue weighted by Crippen LogP contribution is 2.47. The molecule has 1 heterocycles. The van der Waals surface area contributed by atoms with Crippen molar-refractivity contribution in [1.82, 2.24) is 0 Å². The molecule has 5 unspecified atom stereocenters. The first-order chi connectivity index (χ1) is 18.8. The maximum absolute atomic E-state index is 7.10. The fourth-order valence-electron chi connectivity index (χ4n) is 7.53. The molecule has 2 aliphatic rings. The van der Waals surface area contributed by atoms with E-state index in [4.69, 9.17) is 12.9 Å². The Morgan fingerprint density at radius 3 is 1.95 bits per heavy atom. The summed E-state index contributed by atoms with van der Waals surface area (Å²) in [4.78, 5) is 0. The summed E-state index contributed by atoms with van der Waals surface area (Å²) in [5, 5.41) is 2.34. The van der Waals surface area contributed by atoms with Crippen molar-refractivity contribution in [3.63, 3.8) is 0 Å². The molecule has 5 atom stereocenters. The van der Waals surface area contributed by atoms with Crippen molar-refractivity contribution >= 4 is 30.2 Å². The summed E-state index contributed by atoms with van der Waals surface area (Å²) in [6.45, 7) is 22.9. The Kier molecular flexibility index (Phi) is 8.32. The van der Waals surface area contributed by atoms with Crippen molar-refractivity contribution in [3.8, 4) is 0 Å². The van der Waals surface area contributed by atoms with Gasteiger partial charge in [-0.15, -0.1) is 0 Å². The zero-order chi connectivity index (χ0) is 29.0. The first kappa shape index (κ1) is 29.8. The maximum Gasteiger partial charge on any atom is 0.387 e. The van der Waals surface area contributed by atoms with Gasteiger partial charge in [0.05, 0.1) is 6.10 Å². The minimum absolute atomic E-state index is 0.0723. The van der Waals surface area contributed by atoms with Crippen LogP contribution in [0, 0.1) is 38.5 Å². The van der Waals surface area contributed by atoms with E-state index in [1.807, 2.05) is 0 Å². The minimum Gasteiger partial charge on any atom is -0.399 e. The number of aryl methyl sites for hydroxylation is 3. The van der Waals surface area contributed by atoms with Gasteiger partial charge in [0.15, 0.2) is 0 Å². The van der Waals surface area contributed by atoms with Gasteiger partial charge >= 0.3 is 8.24 Å². The standard InChI is InChI=1S/C36H53O3P/c1-22-19-28-32-25(4)24(3)21-30(36(8,9)10)34(32)39-40(38-33(28)29(20-22)35(5,6)7)37-31-18-14-13-17-27(31)26-16-12-11-15-23(26)2/h19-21,23,26-27,31H,11-18H2,1-10H3. The van der Waals surface area contributed by atoms with E-state index >= 15 is 0 Å². The topological polar surface area (TPSA) is 35.5 Å². The van der Waals surface area contributed by atoms with Crippen molar-refractivity contribution in [2.45, 2.75) is 138 Å². The lowest BCUT2D eigenvalue weighted by molar-refractivity contribution is 0.0458.